The zero-order chi connectivity index (χ0) is 21.6. The van der Waals surface area contributed by atoms with Crippen LogP contribution in [0, 0.1) is 18.3 Å². The van der Waals surface area contributed by atoms with Crippen LogP contribution in [0.3, 0.4) is 0 Å². The number of nitriles is 1. The predicted octanol–water partition coefficient (Wildman–Crippen LogP) is 6.37. The van der Waals surface area contributed by atoms with Crippen molar-refractivity contribution in [1.82, 2.24) is 4.98 Å². The van der Waals surface area contributed by atoms with E-state index in [4.69, 9.17) is 20.8 Å². The molecule has 0 aliphatic carbocycles. The Labute approximate surface area is 185 Å². The molecule has 0 aliphatic heterocycles. The predicted molar refractivity (Wildman–Crippen MR) is 121 cm³/mol. The number of nitrogens with zero attached hydrogens (tertiary/aromatic N) is 2. The molecule has 0 saturated carbocycles. The maximum absolute atomic E-state index is 9.41. The monoisotopic (exact) mass is 429 g/mol. The van der Waals surface area contributed by atoms with Gasteiger partial charge in [-0.3, -0.25) is 0 Å². The van der Waals surface area contributed by atoms with Gasteiger partial charge >= 0.3 is 0 Å². The molecule has 1 aromatic heterocycles. The first-order valence-electron chi connectivity index (χ1n) is 9.79. The SMILES string of the molecule is Cc1ccc(CNc2oc(-c3ccc(OCc4ccc(Cl)cc4)cc3)nc2C#N)cc1. The van der Waals surface area contributed by atoms with Gasteiger partial charge in [0.2, 0.25) is 17.5 Å². The van der Waals surface area contributed by atoms with E-state index in [1.54, 1.807) is 0 Å². The van der Waals surface area contributed by atoms with Gasteiger partial charge in [0.05, 0.1) is 0 Å². The van der Waals surface area contributed by atoms with E-state index >= 15 is 0 Å². The van der Waals surface area contributed by atoms with E-state index in [1.807, 2.05) is 79.7 Å². The number of benzene rings is 3. The number of anilines is 1. The Kier molecular flexibility index (Phi) is 6.21. The van der Waals surface area contributed by atoms with E-state index in [9.17, 15) is 5.26 Å². The molecule has 0 saturated heterocycles. The molecule has 3 aromatic carbocycles. The maximum atomic E-state index is 9.41. The molecule has 0 bridgehead atoms. The molecule has 0 atom stereocenters. The number of halogens is 1. The van der Waals surface area contributed by atoms with Crippen molar-refractivity contribution in [2.24, 2.45) is 0 Å². The minimum absolute atomic E-state index is 0.227. The van der Waals surface area contributed by atoms with E-state index in [-0.39, 0.29) is 5.69 Å². The highest BCUT2D eigenvalue weighted by Crippen LogP contribution is 2.27. The van der Waals surface area contributed by atoms with E-state index in [0.29, 0.717) is 29.9 Å². The molecule has 31 heavy (non-hydrogen) atoms. The summed E-state index contributed by atoms with van der Waals surface area (Å²) < 4.78 is 11.6. The van der Waals surface area contributed by atoms with Gasteiger partial charge in [-0.1, -0.05) is 53.6 Å². The van der Waals surface area contributed by atoms with Crippen LogP contribution >= 0.6 is 11.6 Å². The summed E-state index contributed by atoms with van der Waals surface area (Å²) in [5.41, 5.74) is 4.31. The smallest absolute Gasteiger partial charge is 0.232 e. The van der Waals surface area contributed by atoms with E-state index in [0.717, 1.165) is 22.4 Å². The molecule has 0 spiro atoms. The first-order valence-corrected chi connectivity index (χ1v) is 10.2. The lowest BCUT2D eigenvalue weighted by Crippen LogP contribution is -1.99. The average Bonchev–Trinajstić information content (AvgIpc) is 3.22. The third kappa shape index (κ3) is 5.25. The van der Waals surface area contributed by atoms with Crippen LogP contribution in [0.5, 0.6) is 5.75 Å². The van der Waals surface area contributed by atoms with Crippen molar-refractivity contribution in [3.05, 3.63) is 100 Å². The Bertz CT molecular complexity index is 1190. The normalized spacial score (nSPS) is 10.5. The highest BCUT2D eigenvalue weighted by Gasteiger charge is 2.14. The fourth-order valence-electron chi connectivity index (χ4n) is 2.97. The van der Waals surface area contributed by atoms with Crippen molar-refractivity contribution in [3.8, 4) is 23.3 Å². The van der Waals surface area contributed by atoms with Crippen molar-refractivity contribution in [2.45, 2.75) is 20.1 Å². The molecule has 0 fully saturated rings. The van der Waals surface area contributed by atoms with E-state index in [1.165, 1.54) is 5.56 Å². The van der Waals surface area contributed by atoms with Gasteiger partial charge in [-0.25, -0.2) is 0 Å². The number of aryl methyl sites for hydroxylation is 1. The number of oxazole rings is 1. The molecule has 1 heterocycles. The number of ether oxygens (including phenoxy) is 1. The first kappa shape index (κ1) is 20.5. The molecule has 1 N–H and O–H groups in total. The number of aromatic nitrogens is 1. The lowest BCUT2D eigenvalue weighted by atomic mass is 10.1. The molecule has 154 valence electrons. The van der Waals surface area contributed by atoms with Gasteiger partial charge < -0.3 is 14.5 Å². The quantitative estimate of drug-likeness (QED) is 0.369. The first-order chi connectivity index (χ1) is 15.1. The molecule has 0 unspecified atom stereocenters. The van der Waals surface area contributed by atoms with Crippen LogP contribution in [0.4, 0.5) is 5.88 Å². The minimum Gasteiger partial charge on any atom is -0.489 e. The minimum atomic E-state index is 0.227. The van der Waals surface area contributed by atoms with Crippen molar-refractivity contribution < 1.29 is 9.15 Å². The highest BCUT2D eigenvalue weighted by atomic mass is 35.5. The van der Waals surface area contributed by atoms with Crippen LogP contribution in [0.25, 0.3) is 11.5 Å². The Morgan fingerprint density at radius 3 is 2.32 bits per heavy atom. The zero-order valence-corrected chi connectivity index (χ0v) is 17.7. The summed E-state index contributed by atoms with van der Waals surface area (Å²) >= 11 is 5.90. The highest BCUT2D eigenvalue weighted by molar-refractivity contribution is 6.30. The second kappa shape index (κ2) is 9.38. The number of rotatable bonds is 7. The van der Waals surface area contributed by atoms with Crippen LogP contribution in [-0.4, -0.2) is 4.98 Å². The van der Waals surface area contributed by atoms with Crippen LogP contribution in [-0.2, 0) is 13.2 Å². The summed E-state index contributed by atoms with van der Waals surface area (Å²) in [6, 6.07) is 25.2. The summed E-state index contributed by atoms with van der Waals surface area (Å²) in [4.78, 5) is 4.31. The van der Waals surface area contributed by atoms with Gasteiger partial charge in [0.25, 0.3) is 0 Å². The van der Waals surface area contributed by atoms with Gasteiger partial charge in [-0.15, -0.1) is 0 Å². The van der Waals surface area contributed by atoms with Gasteiger partial charge in [-0.2, -0.15) is 10.2 Å². The molecule has 0 amide bonds. The fraction of sp³-hybridized carbons (Fsp3) is 0.120. The summed E-state index contributed by atoms with van der Waals surface area (Å²) in [7, 11) is 0. The molecule has 4 aromatic rings. The molecule has 5 nitrogen and oxygen atoms in total. The fourth-order valence-corrected chi connectivity index (χ4v) is 3.09. The van der Waals surface area contributed by atoms with Gasteiger partial charge in [0.15, 0.2) is 0 Å². The molecule has 0 radical (unpaired) electrons. The third-order valence-corrected chi connectivity index (χ3v) is 4.98. The number of hydrogen-bond donors (Lipinski definition) is 1. The Balaban J connectivity index is 1.42. The lowest BCUT2D eigenvalue weighted by Gasteiger charge is -2.07. The maximum Gasteiger partial charge on any atom is 0.232 e. The van der Waals surface area contributed by atoms with Crippen LogP contribution in [0.2, 0.25) is 5.02 Å². The van der Waals surface area contributed by atoms with Crippen LogP contribution in [0.1, 0.15) is 22.4 Å². The van der Waals surface area contributed by atoms with Crippen molar-refractivity contribution in [2.75, 3.05) is 5.32 Å². The second-order valence-corrected chi connectivity index (χ2v) is 7.52. The molecule has 0 aliphatic rings. The molecular weight excluding hydrogens is 410 g/mol. The van der Waals surface area contributed by atoms with E-state index in [2.05, 4.69) is 16.4 Å². The third-order valence-electron chi connectivity index (χ3n) is 4.73. The standard InChI is InChI=1S/C25H20ClN3O2/c1-17-2-4-18(5-3-17)15-28-25-23(14-27)29-24(31-25)20-8-12-22(13-9-20)30-16-19-6-10-21(26)11-7-19/h2-13,28H,15-16H2,1H3. The Hall–Kier alpha value is -3.75. The Morgan fingerprint density at radius 2 is 1.65 bits per heavy atom. The summed E-state index contributed by atoms with van der Waals surface area (Å²) in [6.45, 7) is 3.03. The topological polar surface area (TPSA) is 71.1 Å². The second-order valence-electron chi connectivity index (χ2n) is 7.09. The van der Waals surface area contributed by atoms with E-state index < -0.39 is 0 Å². The zero-order valence-electron chi connectivity index (χ0n) is 16.9. The van der Waals surface area contributed by atoms with Gasteiger partial charge in [0.1, 0.15) is 18.4 Å². The summed E-state index contributed by atoms with van der Waals surface area (Å²) in [5, 5.41) is 13.3. The van der Waals surface area contributed by atoms with Crippen molar-refractivity contribution in [3.63, 3.8) is 0 Å². The average molecular weight is 430 g/mol. The Morgan fingerprint density at radius 1 is 0.968 bits per heavy atom. The summed E-state index contributed by atoms with van der Waals surface area (Å²) in [6.07, 6.45) is 0. The molecular formula is C25H20ClN3O2. The van der Waals surface area contributed by atoms with Crippen molar-refractivity contribution in [1.29, 1.82) is 5.26 Å². The molecule has 6 heteroatoms. The van der Waals surface area contributed by atoms with Crippen LogP contribution in [0.15, 0.2) is 77.2 Å². The summed E-state index contributed by atoms with van der Waals surface area (Å²) in [5.74, 6) is 1.47. The lowest BCUT2D eigenvalue weighted by molar-refractivity contribution is 0.306. The van der Waals surface area contributed by atoms with Gasteiger partial charge in [0, 0.05) is 17.1 Å². The van der Waals surface area contributed by atoms with Gasteiger partial charge in [-0.05, 0) is 54.4 Å². The number of hydrogen-bond acceptors (Lipinski definition) is 5. The van der Waals surface area contributed by atoms with Crippen LogP contribution < -0.4 is 10.1 Å². The molecule has 4 rings (SSSR count). The van der Waals surface area contributed by atoms with Crippen molar-refractivity contribution >= 4 is 17.5 Å². The number of nitrogens with one attached hydrogen (secondary N) is 1. The largest absolute Gasteiger partial charge is 0.489 e.